The molecule has 2 nitrogen and oxygen atoms in total. The first-order chi connectivity index (χ1) is 29.0. The molecule has 59 heavy (non-hydrogen) atoms. The average Bonchev–Trinajstić information content (AvgIpc) is 3.79. The van der Waals surface area contributed by atoms with Crippen molar-refractivity contribution in [3.05, 3.63) is 223 Å². The van der Waals surface area contributed by atoms with E-state index in [0.29, 0.717) is 0 Å². The summed E-state index contributed by atoms with van der Waals surface area (Å²) in [5.74, 6) is 0. The van der Waals surface area contributed by atoms with Crippen molar-refractivity contribution in [2.45, 2.75) is 19.3 Å². The molecular formula is C57H41NO. The van der Waals surface area contributed by atoms with Crippen LogP contribution in [0.5, 0.6) is 0 Å². The van der Waals surface area contributed by atoms with E-state index in [1.807, 2.05) is 12.1 Å². The van der Waals surface area contributed by atoms with Gasteiger partial charge in [0, 0.05) is 38.8 Å². The molecule has 0 unspecified atom stereocenters. The molecule has 1 aromatic heterocycles. The van der Waals surface area contributed by atoms with E-state index in [1.165, 1.54) is 50.1 Å². The van der Waals surface area contributed by atoms with Gasteiger partial charge in [-0.2, -0.15) is 0 Å². The van der Waals surface area contributed by atoms with Crippen LogP contribution in [0.2, 0.25) is 0 Å². The third kappa shape index (κ3) is 5.96. The van der Waals surface area contributed by atoms with E-state index in [2.05, 4.69) is 219 Å². The van der Waals surface area contributed by atoms with Gasteiger partial charge in [-0.15, -0.1) is 0 Å². The Balaban J connectivity index is 0.992. The Morgan fingerprint density at radius 1 is 0.339 bits per heavy atom. The van der Waals surface area contributed by atoms with Crippen LogP contribution in [0.15, 0.2) is 217 Å². The predicted molar refractivity (Wildman–Crippen MR) is 248 cm³/mol. The number of furan rings is 1. The SMILES string of the molecule is CC1(C)c2ccccc2-c2cc(-c3cccc(-c4cccc(N(c5ccc(-c6cccc7c6oc6ccccc67)cc5)c5cccc(-c6ccccc6)c5)c4)c3)ccc21. The molecule has 1 aliphatic carbocycles. The number of rotatable bonds is 7. The molecule has 0 bridgehead atoms. The Morgan fingerprint density at radius 2 is 0.864 bits per heavy atom. The van der Waals surface area contributed by atoms with Crippen LogP contribution in [0.4, 0.5) is 17.1 Å². The van der Waals surface area contributed by atoms with E-state index < -0.39 is 0 Å². The zero-order valence-corrected chi connectivity index (χ0v) is 33.1. The monoisotopic (exact) mass is 755 g/mol. The number of benzene rings is 9. The first kappa shape index (κ1) is 34.8. The summed E-state index contributed by atoms with van der Waals surface area (Å²) < 4.78 is 6.43. The molecule has 0 amide bonds. The molecule has 0 N–H and O–H groups in total. The summed E-state index contributed by atoms with van der Waals surface area (Å²) >= 11 is 0. The van der Waals surface area contributed by atoms with Crippen LogP contribution in [-0.4, -0.2) is 0 Å². The minimum absolute atomic E-state index is 0.0118. The van der Waals surface area contributed by atoms with Crippen molar-refractivity contribution < 1.29 is 4.42 Å². The minimum Gasteiger partial charge on any atom is -0.455 e. The lowest BCUT2D eigenvalue weighted by atomic mass is 9.82. The molecule has 0 atom stereocenters. The van der Waals surface area contributed by atoms with Gasteiger partial charge in [0.2, 0.25) is 0 Å². The lowest BCUT2D eigenvalue weighted by Gasteiger charge is -2.27. The number of anilines is 3. The second kappa shape index (κ2) is 13.9. The number of hydrogen-bond acceptors (Lipinski definition) is 2. The summed E-state index contributed by atoms with van der Waals surface area (Å²) in [5, 5.41) is 2.27. The fraction of sp³-hybridized carbons (Fsp3) is 0.0526. The summed E-state index contributed by atoms with van der Waals surface area (Å²) in [6.07, 6.45) is 0. The molecule has 10 aromatic rings. The maximum atomic E-state index is 6.43. The van der Waals surface area contributed by atoms with Crippen LogP contribution in [0.25, 0.3) is 77.6 Å². The standard InChI is InChI=1S/C57H41NO/c1-57(2)53-26-8-6-22-49(53)52-37-44(30-33-54(52)57)41-17-10-16-40(34-41)43-19-12-21-47(36-43)58(46-20-11-18-42(35-46)38-14-4-3-5-15-38)45-31-28-39(29-32-45)48-24-13-25-51-50-23-7-9-27-55(50)59-56(48)51/h3-37H,1-2H3. The number of nitrogens with zero attached hydrogens (tertiary/aromatic N) is 1. The zero-order valence-electron chi connectivity index (χ0n) is 33.1. The Morgan fingerprint density at radius 3 is 1.63 bits per heavy atom. The number of hydrogen-bond donors (Lipinski definition) is 0. The summed E-state index contributed by atoms with van der Waals surface area (Å²) in [6.45, 7) is 4.67. The minimum atomic E-state index is -0.0118. The molecule has 0 fully saturated rings. The van der Waals surface area contributed by atoms with Gasteiger partial charge in [-0.1, -0.05) is 172 Å². The molecule has 280 valence electrons. The van der Waals surface area contributed by atoms with Gasteiger partial charge in [-0.05, 0) is 116 Å². The van der Waals surface area contributed by atoms with Crippen LogP contribution >= 0.6 is 0 Å². The molecule has 9 aromatic carbocycles. The lowest BCUT2D eigenvalue weighted by molar-refractivity contribution is 0.660. The van der Waals surface area contributed by atoms with Crippen molar-refractivity contribution in [2.75, 3.05) is 4.90 Å². The maximum Gasteiger partial charge on any atom is 0.143 e. The normalized spacial score (nSPS) is 12.7. The van der Waals surface area contributed by atoms with Crippen LogP contribution in [-0.2, 0) is 5.41 Å². The van der Waals surface area contributed by atoms with E-state index >= 15 is 0 Å². The number of para-hydroxylation sites is 2. The lowest BCUT2D eigenvalue weighted by Crippen LogP contribution is -2.14. The third-order valence-electron chi connectivity index (χ3n) is 12.3. The largest absolute Gasteiger partial charge is 0.455 e. The van der Waals surface area contributed by atoms with E-state index in [0.717, 1.165) is 55.7 Å². The molecule has 0 aliphatic heterocycles. The Kier molecular flexibility index (Phi) is 8.20. The van der Waals surface area contributed by atoms with E-state index in [4.69, 9.17) is 4.42 Å². The van der Waals surface area contributed by atoms with Crippen molar-refractivity contribution in [3.63, 3.8) is 0 Å². The highest BCUT2D eigenvalue weighted by Gasteiger charge is 2.35. The summed E-state index contributed by atoms with van der Waals surface area (Å²) in [4.78, 5) is 2.37. The Labute approximate surface area is 345 Å². The van der Waals surface area contributed by atoms with Gasteiger partial charge in [0.05, 0.1) is 0 Å². The van der Waals surface area contributed by atoms with Crippen molar-refractivity contribution in [1.29, 1.82) is 0 Å². The first-order valence-electron chi connectivity index (χ1n) is 20.4. The van der Waals surface area contributed by atoms with Crippen LogP contribution in [0.1, 0.15) is 25.0 Å². The van der Waals surface area contributed by atoms with Gasteiger partial charge in [0.1, 0.15) is 11.2 Å². The van der Waals surface area contributed by atoms with Crippen LogP contribution in [0.3, 0.4) is 0 Å². The predicted octanol–water partition coefficient (Wildman–Crippen LogP) is 16.0. The van der Waals surface area contributed by atoms with Gasteiger partial charge in [-0.3, -0.25) is 0 Å². The molecule has 1 aliphatic rings. The van der Waals surface area contributed by atoms with Crippen LogP contribution in [0, 0.1) is 0 Å². The highest BCUT2D eigenvalue weighted by atomic mass is 16.3. The Hall–Kier alpha value is -7.42. The molecule has 1 heterocycles. The van der Waals surface area contributed by atoms with Gasteiger partial charge in [0.15, 0.2) is 0 Å². The van der Waals surface area contributed by atoms with Crippen molar-refractivity contribution in [1.82, 2.24) is 0 Å². The molecule has 0 radical (unpaired) electrons. The second-order valence-corrected chi connectivity index (χ2v) is 16.1. The highest BCUT2D eigenvalue weighted by molar-refractivity contribution is 6.09. The number of fused-ring (bicyclic) bond motifs is 6. The summed E-state index contributed by atoms with van der Waals surface area (Å²) in [7, 11) is 0. The van der Waals surface area contributed by atoms with Gasteiger partial charge >= 0.3 is 0 Å². The van der Waals surface area contributed by atoms with Crippen molar-refractivity contribution in [2.24, 2.45) is 0 Å². The van der Waals surface area contributed by atoms with Crippen LogP contribution < -0.4 is 4.90 Å². The zero-order chi connectivity index (χ0) is 39.5. The topological polar surface area (TPSA) is 16.4 Å². The molecular weight excluding hydrogens is 715 g/mol. The van der Waals surface area contributed by atoms with Crippen molar-refractivity contribution in [3.8, 4) is 55.6 Å². The fourth-order valence-electron chi connectivity index (χ4n) is 9.27. The molecule has 0 saturated carbocycles. The summed E-state index contributed by atoms with van der Waals surface area (Å²) in [5.41, 5.74) is 19.9. The highest BCUT2D eigenvalue weighted by Crippen LogP contribution is 2.50. The second-order valence-electron chi connectivity index (χ2n) is 16.1. The fourth-order valence-corrected chi connectivity index (χ4v) is 9.27. The average molecular weight is 756 g/mol. The van der Waals surface area contributed by atoms with Crippen molar-refractivity contribution >= 4 is 39.0 Å². The smallest absolute Gasteiger partial charge is 0.143 e. The maximum absolute atomic E-state index is 6.43. The molecule has 11 rings (SSSR count). The van der Waals surface area contributed by atoms with Gasteiger partial charge < -0.3 is 9.32 Å². The van der Waals surface area contributed by atoms with Gasteiger partial charge in [0.25, 0.3) is 0 Å². The summed E-state index contributed by atoms with van der Waals surface area (Å²) in [6, 6.07) is 76.8. The van der Waals surface area contributed by atoms with Gasteiger partial charge in [-0.25, -0.2) is 0 Å². The Bertz CT molecular complexity index is 3190. The van der Waals surface area contributed by atoms with E-state index in [9.17, 15) is 0 Å². The van der Waals surface area contributed by atoms with E-state index in [-0.39, 0.29) is 5.41 Å². The van der Waals surface area contributed by atoms with E-state index in [1.54, 1.807) is 0 Å². The molecule has 2 heteroatoms. The third-order valence-corrected chi connectivity index (χ3v) is 12.3. The first-order valence-corrected chi connectivity index (χ1v) is 20.4. The molecule has 0 saturated heterocycles. The quantitative estimate of drug-likeness (QED) is 0.161. The molecule has 0 spiro atoms.